The van der Waals surface area contributed by atoms with Crippen LogP contribution in [0.15, 0.2) is 30.6 Å². The largest absolute Gasteiger partial charge is 0.478 e. The number of carboxylic acids is 1. The van der Waals surface area contributed by atoms with E-state index in [1.165, 1.54) is 12.1 Å². The third-order valence-electron chi connectivity index (χ3n) is 2.44. The third kappa shape index (κ3) is 2.08. The molecule has 86 valence electrons. The Morgan fingerprint density at radius 2 is 2.24 bits per heavy atom. The first-order valence-corrected chi connectivity index (χ1v) is 4.93. The average molecular weight is 230 g/mol. The van der Waals surface area contributed by atoms with E-state index in [0.29, 0.717) is 17.4 Å². The standard InChI is InChI=1S/C12H10N2O3/c1-14-6-10(5-13-14)11-3-2-8(12(16)17)4-9(11)7-15/h2-7H,1H3,(H,16,17). The summed E-state index contributed by atoms with van der Waals surface area (Å²) in [6.45, 7) is 0. The van der Waals surface area contributed by atoms with Gasteiger partial charge in [-0.3, -0.25) is 9.48 Å². The van der Waals surface area contributed by atoms with Gasteiger partial charge in [0, 0.05) is 24.4 Å². The number of hydrogen-bond donors (Lipinski definition) is 1. The predicted octanol–water partition coefficient (Wildman–Crippen LogP) is 1.60. The Hall–Kier alpha value is -2.43. The molecule has 2 rings (SSSR count). The molecule has 0 saturated heterocycles. The molecule has 1 N–H and O–H groups in total. The Bertz CT molecular complexity index is 587. The minimum Gasteiger partial charge on any atom is -0.478 e. The molecule has 0 bridgehead atoms. The fraction of sp³-hybridized carbons (Fsp3) is 0.0833. The number of benzene rings is 1. The Balaban J connectivity index is 2.55. The van der Waals surface area contributed by atoms with Crippen LogP contribution in [0.1, 0.15) is 20.7 Å². The number of rotatable bonds is 3. The number of carboxylic acid groups (broad SMARTS) is 1. The van der Waals surface area contributed by atoms with Gasteiger partial charge in [-0.05, 0) is 17.7 Å². The molecule has 5 heteroatoms. The minimum atomic E-state index is -1.05. The van der Waals surface area contributed by atoms with Crippen molar-refractivity contribution < 1.29 is 14.7 Å². The lowest BCUT2D eigenvalue weighted by molar-refractivity contribution is 0.0697. The maximum Gasteiger partial charge on any atom is 0.335 e. The second-order valence-corrected chi connectivity index (χ2v) is 3.63. The van der Waals surface area contributed by atoms with Crippen LogP contribution in [-0.2, 0) is 7.05 Å². The van der Waals surface area contributed by atoms with Crippen LogP contribution in [-0.4, -0.2) is 27.1 Å². The molecule has 1 aromatic heterocycles. The van der Waals surface area contributed by atoms with Gasteiger partial charge in [0.25, 0.3) is 0 Å². The van der Waals surface area contributed by atoms with Crippen LogP contribution < -0.4 is 0 Å². The number of carbonyl (C=O) groups is 2. The maximum atomic E-state index is 11.0. The Morgan fingerprint density at radius 1 is 1.47 bits per heavy atom. The molecule has 0 atom stereocenters. The minimum absolute atomic E-state index is 0.0970. The van der Waals surface area contributed by atoms with Gasteiger partial charge in [0.15, 0.2) is 6.29 Å². The molecule has 0 saturated carbocycles. The van der Waals surface area contributed by atoms with E-state index < -0.39 is 5.97 Å². The smallest absolute Gasteiger partial charge is 0.335 e. The van der Waals surface area contributed by atoms with Crippen LogP contribution in [0.5, 0.6) is 0 Å². The summed E-state index contributed by atoms with van der Waals surface area (Å²) in [5.41, 5.74) is 1.90. The summed E-state index contributed by atoms with van der Waals surface area (Å²) < 4.78 is 1.62. The summed E-state index contributed by atoms with van der Waals surface area (Å²) in [5.74, 6) is -1.05. The summed E-state index contributed by atoms with van der Waals surface area (Å²) in [6.07, 6.45) is 4.04. The first kappa shape index (κ1) is 11.1. The van der Waals surface area contributed by atoms with Crippen LogP contribution in [0.4, 0.5) is 0 Å². The normalized spacial score (nSPS) is 10.2. The molecule has 1 heterocycles. The van der Waals surface area contributed by atoms with Crippen LogP contribution >= 0.6 is 0 Å². The summed E-state index contributed by atoms with van der Waals surface area (Å²) in [4.78, 5) is 21.8. The van der Waals surface area contributed by atoms with Crippen LogP contribution in [0, 0.1) is 0 Å². The number of aromatic carboxylic acids is 1. The van der Waals surface area contributed by atoms with E-state index in [9.17, 15) is 9.59 Å². The highest BCUT2D eigenvalue weighted by atomic mass is 16.4. The molecule has 0 aliphatic heterocycles. The molecule has 0 spiro atoms. The SMILES string of the molecule is Cn1cc(-c2ccc(C(=O)O)cc2C=O)cn1. The van der Waals surface area contributed by atoms with Crippen molar-refractivity contribution in [2.75, 3.05) is 0 Å². The topological polar surface area (TPSA) is 72.2 Å². The van der Waals surface area contributed by atoms with E-state index in [0.717, 1.165) is 5.56 Å². The van der Waals surface area contributed by atoms with Crippen molar-refractivity contribution in [1.29, 1.82) is 0 Å². The number of hydrogen-bond acceptors (Lipinski definition) is 3. The molecule has 0 radical (unpaired) electrons. The van der Waals surface area contributed by atoms with Crippen molar-refractivity contribution in [1.82, 2.24) is 9.78 Å². The fourth-order valence-corrected chi connectivity index (χ4v) is 1.62. The highest BCUT2D eigenvalue weighted by molar-refractivity contribution is 5.94. The van der Waals surface area contributed by atoms with E-state index in [4.69, 9.17) is 5.11 Å². The van der Waals surface area contributed by atoms with E-state index in [1.807, 2.05) is 0 Å². The van der Waals surface area contributed by atoms with Crippen LogP contribution in [0.2, 0.25) is 0 Å². The zero-order valence-electron chi connectivity index (χ0n) is 9.12. The molecule has 2 aromatic rings. The number of aldehydes is 1. The van der Waals surface area contributed by atoms with Crippen molar-refractivity contribution >= 4 is 12.3 Å². The van der Waals surface area contributed by atoms with Crippen molar-refractivity contribution in [3.63, 3.8) is 0 Å². The van der Waals surface area contributed by atoms with Gasteiger partial charge < -0.3 is 5.11 Å². The molecule has 5 nitrogen and oxygen atoms in total. The van der Waals surface area contributed by atoms with Crippen molar-refractivity contribution in [2.24, 2.45) is 7.05 Å². The van der Waals surface area contributed by atoms with Gasteiger partial charge in [0.05, 0.1) is 11.8 Å². The second kappa shape index (κ2) is 4.21. The van der Waals surface area contributed by atoms with Gasteiger partial charge in [-0.2, -0.15) is 5.10 Å². The van der Waals surface area contributed by atoms with Crippen LogP contribution in [0.25, 0.3) is 11.1 Å². The number of carbonyl (C=O) groups excluding carboxylic acids is 1. The summed E-state index contributed by atoms with van der Waals surface area (Å²) in [5, 5.41) is 12.8. The van der Waals surface area contributed by atoms with Crippen molar-refractivity contribution in [2.45, 2.75) is 0 Å². The van der Waals surface area contributed by atoms with Crippen molar-refractivity contribution in [3.8, 4) is 11.1 Å². The zero-order valence-corrected chi connectivity index (χ0v) is 9.12. The van der Waals surface area contributed by atoms with E-state index in [1.54, 1.807) is 30.2 Å². The lowest BCUT2D eigenvalue weighted by atomic mass is 10.0. The van der Waals surface area contributed by atoms with E-state index >= 15 is 0 Å². The molecule has 0 fully saturated rings. The predicted molar refractivity (Wildman–Crippen MR) is 61.0 cm³/mol. The third-order valence-corrected chi connectivity index (χ3v) is 2.44. The Labute approximate surface area is 97.3 Å². The second-order valence-electron chi connectivity index (χ2n) is 3.63. The zero-order chi connectivity index (χ0) is 12.4. The van der Waals surface area contributed by atoms with Crippen molar-refractivity contribution in [3.05, 3.63) is 41.7 Å². The number of aryl methyl sites for hydroxylation is 1. The first-order valence-electron chi connectivity index (χ1n) is 4.93. The van der Waals surface area contributed by atoms with Gasteiger partial charge in [0.2, 0.25) is 0 Å². The fourth-order valence-electron chi connectivity index (χ4n) is 1.62. The van der Waals surface area contributed by atoms with E-state index in [2.05, 4.69) is 5.10 Å². The quantitative estimate of drug-likeness (QED) is 0.813. The lowest BCUT2D eigenvalue weighted by Crippen LogP contribution is -1.98. The van der Waals surface area contributed by atoms with Gasteiger partial charge in [-0.25, -0.2) is 4.79 Å². The number of nitrogens with zero attached hydrogens (tertiary/aromatic N) is 2. The first-order chi connectivity index (χ1) is 8.11. The lowest BCUT2D eigenvalue weighted by Gasteiger charge is -2.03. The number of aromatic nitrogens is 2. The highest BCUT2D eigenvalue weighted by Crippen LogP contribution is 2.23. The summed E-state index contributed by atoms with van der Waals surface area (Å²) >= 11 is 0. The molecular weight excluding hydrogens is 220 g/mol. The van der Waals surface area contributed by atoms with Gasteiger partial charge in [0.1, 0.15) is 0 Å². The van der Waals surface area contributed by atoms with Gasteiger partial charge in [-0.1, -0.05) is 6.07 Å². The van der Waals surface area contributed by atoms with Gasteiger partial charge >= 0.3 is 5.97 Å². The molecule has 0 aliphatic carbocycles. The molecule has 0 amide bonds. The Kier molecular flexibility index (Phi) is 2.74. The maximum absolute atomic E-state index is 11.0. The summed E-state index contributed by atoms with van der Waals surface area (Å²) in [6, 6.07) is 4.44. The molecule has 0 unspecified atom stereocenters. The van der Waals surface area contributed by atoms with Gasteiger partial charge in [-0.15, -0.1) is 0 Å². The summed E-state index contributed by atoms with van der Waals surface area (Å²) in [7, 11) is 1.77. The molecule has 0 aliphatic rings. The van der Waals surface area contributed by atoms with E-state index in [-0.39, 0.29) is 5.56 Å². The molecule has 17 heavy (non-hydrogen) atoms. The Morgan fingerprint density at radius 3 is 2.76 bits per heavy atom. The van der Waals surface area contributed by atoms with Crippen LogP contribution in [0.3, 0.4) is 0 Å². The average Bonchev–Trinajstić information content (AvgIpc) is 2.74. The molecular formula is C12H10N2O3. The monoisotopic (exact) mass is 230 g/mol. The highest BCUT2D eigenvalue weighted by Gasteiger charge is 2.10. The molecule has 1 aromatic carbocycles.